The number of halogens is 1. The van der Waals surface area contributed by atoms with Crippen LogP contribution in [-0.2, 0) is 32.4 Å². The Morgan fingerprint density at radius 3 is 2.43 bits per heavy atom. The molecule has 72 heavy (non-hydrogen) atoms. The molecule has 11 rings (SSSR count). The van der Waals surface area contributed by atoms with Crippen molar-refractivity contribution in [3.8, 4) is 5.75 Å². The lowest BCUT2D eigenvalue weighted by atomic mass is 9.70. The summed E-state index contributed by atoms with van der Waals surface area (Å²) in [5.41, 5.74) is 8.63. The van der Waals surface area contributed by atoms with E-state index in [0.717, 1.165) is 134 Å². The van der Waals surface area contributed by atoms with Gasteiger partial charge in [0.25, 0.3) is 0 Å². The van der Waals surface area contributed by atoms with Gasteiger partial charge in [-0.2, -0.15) is 10.1 Å². The first kappa shape index (κ1) is 48.4. The number of aryl methyl sites for hydroxylation is 3. The summed E-state index contributed by atoms with van der Waals surface area (Å²) in [5, 5.41) is 17.0. The SMILES string of the molecule is CCc1cc(Nc2ncc(Br)c(Nc3ccc4nc(C)ccc4c3P3(=O)CCCC3)n2)c(OC)cc1N1CCC(N2CCN(C(=O)C3CC(c4cccc5c(C6CCC(=O)NC6=O)nn(C)c45)C3)CC2)CC1. The predicted molar refractivity (Wildman–Crippen MR) is 286 cm³/mol. The van der Waals surface area contributed by atoms with E-state index in [1.54, 1.807) is 13.3 Å². The molecule has 1 atom stereocenters. The minimum atomic E-state index is -2.64. The third-order valence-corrected chi connectivity index (χ3v) is 20.0. The first-order valence-electron chi connectivity index (χ1n) is 25.7. The standard InChI is InChI=1S/C54H63BrN11O5P/c1-5-33-29-44(59-54-56-31-41(55)51(61-54)58-43-15-14-42-38(12-11-32(2)57-42)50(43)72(70)25-6-7-26-72)46(71-4)30-45(33)65-19-17-36(18-20-65)64-21-23-66(24-22-64)53(69)35-27-34(28-35)37-9-8-10-39-48(62-63(3)49(37)39)40-13-16-47(67)60-52(40)68/h8-12,14-15,29-31,34-36,40H,5-7,13,16-28H2,1-4H3,(H,60,67,68)(H2,56,58,59,61). The number of anilines is 5. The van der Waals surface area contributed by atoms with Gasteiger partial charge in [-0.3, -0.25) is 34.3 Å². The normalized spacial score (nSPS) is 21.8. The quantitative estimate of drug-likeness (QED) is 0.0784. The molecule has 7 heterocycles. The molecule has 6 aromatic rings. The number of para-hydroxylation sites is 1. The first-order chi connectivity index (χ1) is 34.9. The maximum Gasteiger partial charge on any atom is 0.235 e. The molecule has 1 saturated carbocycles. The van der Waals surface area contributed by atoms with Crippen LogP contribution in [0.3, 0.4) is 0 Å². The van der Waals surface area contributed by atoms with Gasteiger partial charge in [0.2, 0.25) is 23.7 Å². The summed E-state index contributed by atoms with van der Waals surface area (Å²) < 4.78 is 23.1. The number of piperidine rings is 2. The number of hydrogen-bond acceptors (Lipinski definition) is 13. The van der Waals surface area contributed by atoms with Crippen molar-refractivity contribution in [3.63, 3.8) is 0 Å². The molecule has 376 valence electrons. The Hall–Kier alpha value is -5.90. The molecule has 3 aromatic carbocycles. The number of nitrogens with zero attached hydrogens (tertiary/aromatic N) is 8. The topological polar surface area (TPSA) is 180 Å². The van der Waals surface area contributed by atoms with Crippen molar-refractivity contribution >= 4 is 96.7 Å². The highest BCUT2D eigenvalue weighted by Crippen LogP contribution is 2.54. The van der Waals surface area contributed by atoms with E-state index in [1.165, 1.54) is 16.8 Å². The maximum absolute atomic E-state index is 14.5. The smallest absolute Gasteiger partial charge is 0.235 e. The number of carbonyl (C=O) groups is 3. The summed E-state index contributed by atoms with van der Waals surface area (Å²) in [5.74, 6) is 1.26. The molecule has 0 spiro atoms. The lowest BCUT2D eigenvalue weighted by Gasteiger charge is -2.45. The molecule has 3 amide bonds. The zero-order chi connectivity index (χ0) is 49.8. The lowest BCUT2D eigenvalue weighted by Crippen LogP contribution is -2.55. The number of nitrogens with one attached hydrogen (secondary N) is 3. The van der Waals surface area contributed by atoms with E-state index in [0.29, 0.717) is 53.2 Å². The molecule has 5 fully saturated rings. The number of carbonyl (C=O) groups excluding carboxylic acids is 3. The van der Waals surface area contributed by atoms with Crippen LogP contribution in [0.4, 0.5) is 28.8 Å². The monoisotopic (exact) mass is 1060 g/mol. The fourth-order valence-electron chi connectivity index (χ4n) is 12.2. The van der Waals surface area contributed by atoms with Crippen LogP contribution in [0.15, 0.2) is 65.3 Å². The highest BCUT2D eigenvalue weighted by Gasteiger charge is 2.41. The van der Waals surface area contributed by atoms with Crippen LogP contribution < -0.4 is 30.9 Å². The summed E-state index contributed by atoms with van der Waals surface area (Å²) in [6.45, 7) is 9.29. The first-order valence-corrected chi connectivity index (χ1v) is 28.6. The van der Waals surface area contributed by atoms with Crippen molar-refractivity contribution in [2.75, 3.05) is 74.2 Å². The van der Waals surface area contributed by atoms with Gasteiger partial charge in [0.05, 0.1) is 45.6 Å². The van der Waals surface area contributed by atoms with E-state index in [4.69, 9.17) is 19.8 Å². The summed E-state index contributed by atoms with van der Waals surface area (Å²) >= 11 is 3.67. The Kier molecular flexibility index (Phi) is 13.3. The molecular formula is C54H63BrN11O5P. The molecule has 18 heteroatoms. The van der Waals surface area contributed by atoms with E-state index in [-0.39, 0.29) is 29.6 Å². The van der Waals surface area contributed by atoms with Gasteiger partial charge in [0, 0.05) is 117 Å². The molecule has 0 radical (unpaired) electrons. The molecule has 16 nitrogen and oxygen atoms in total. The lowest BCUT2D eigenvalue weighted by molar-refractivity contribution is -0.141. The number of imide groups is 1. The van der Waals surface area contributed by atoms with Crippen molar-refractivity contribution in [1.29, 1.82) is 0 Å². The van der Waals surface area contributed by atoms with Gasteiger partial charge in [-0.25, -0.2) is 4.98 Å². The summed E-state index contributed by atoms with van der Waals surface area (Å²) in [6.07, 6.45) is 10.3. The van der Waals surface area contributed by atoms with Crippen LogP contribution >= 0.6 is 23.1 Å². The van der Waals surface area contributed by atoms with Crippen LogP contribution in [0.1, 0.15) is 92.6 Å². The number of pyridine rings is 1. The predicted octanol–water partition coefficient (Wildman–Crippen LogP) is 8.65. The number of benzene rings is 3. The van der Waals surface area contributed by atoms with Crippen LogP contribution in [0.2, 0.25) is 0 Å². The van der Waals surface area contributed by atoms with Gasteiger partial charge >= 0.3 is 0 Å². The Bertz CT molecular complexity index is 3150. The number of rotatable bonds is 12. The van der Waals surface area contributed by atoms with Crippen LogP contribution in [0, 0.1) is 12.8 Å². The molecule has 5 aliphatic rings. The number of ether oxygens (including phenoxy) is 1. The highest BCUT2D eigenvalue weighted by atomic mass is 79.9. The third kappa shape index (κ3) is 9.14. The van der Waals surface area contributed by atoms with Crippen molar-refractivity contribution in [2.24, 2.45) is 13.0 Å². The number of piperazine rings is 1. The van der Waals surface area contributed by atoms with Gasteiger partial charge in [-0.1, -0.05) is 31.2 Å². The number of fused-ring (bicyclic) bond motifs is 2. The number of methoxy groups -OCH3 is 1. The van der Waals surface area contributed by atoms with Crippen molar-refractivity contribution in [2.45, 2.75) is 89.5 Å². The molecular weight excluding hydrogens is 994 g/mol. The molecule has 4 aliphatic heterocycles. The number of hydrogen-bond donors (Lipinski definition) is 3. The van der Waals surface area contributed by atoms with Gasteiger partial charge in [-0.15, -0.1) is 0 Å². The van der Waals surface area contributed by atoms with Gasteiger partial charge in [0.15, 0.2) is 0 Å². The third-order valence-electron chi connectivity index (χ3n) is 16.1. The summed E-state index contributed by atoms with van der Waals surface area (Å²) in [4.78, 5) is 59.9. The Morgan fingerprint density at radius 1 is 0.917 bits per heavy atom. The van der Waals surface area contributed by atoms with Crippen LogP contribution in [0.5, 0.6) is 5.75 Å². The highest BCUT2D eigenvalue weighted by molar-refractivity contribution is 9.10. The van der Waals surface area contributed by atoms with E-state index in [2.05, 4.69) is 82.8 Å². The van der Waals surface area contributed by atoms with E-state index >= 15 is 0 Å². The average molecular weight is 1060 g/mol. The second kappa shape index (κ2) is 19.8. The van der Waals surface area contributed by atoms with E-state index in [9.17, 15) is 18.9 Å². The van der Waals surface area contributed by atoms with Crippen molar-refractivity contribution in [3.05, 3.63) is 87.8 Å². The summed E-state index contributed by atoms with van der Waals surface area (Å²) in [7, 11) is 0.971. The van der Waals surface area contributed by atoms with E-state index in [1.807, 2.05) is 49.0 Å². The van der Waals surface area contributed by atoms with Crippen molar-refractivity contribution < 1.29 is 23.7 Å². The zero-order valence-electron chi connectivity index (χ0n) is 41.5. The molecule has 3 N–H and O–H groups in total. The maximum atomic E-state index is 14.5. The second-order valence-corrected chi connectivity index (χ2v) is 24.4. The Labute approximate surface area is 428 Å². The van der Waals surface area contributed by atoms with Crippen molar-refractivity contribution in [1.82, 2.24) is 39.8 Å². The second-order valence-electron chi connectivity index (χ2n) is 20.4. The minimum Gasteiger partial charge on any atom is -0.494 e. The van der Waals surface area contributed by atoms with E-state index < -0.39 is 13.1 Å². The molecule has 0 bridgehead atoms. The van der Waals surface area contributed by atoms with Crippen LogP contribution in [-0.4, -0.2) is 117 Å². The fraction of sp³-hybridized carbons (Fsp3) is 0.463. The average Bonchev–Trinajstić information content (AvgIpc) is 3.97. The summed E-state index contributed by atoms with van der Waals surface area (Å²) in [6, 6.07) is 19.0. The molecule has 3 aromatic heterocycles. The van der Waals surface area contributed by atoms with Gasteiger partial charge in [-0.05, 0) is 116 Å². The molecule has 1 aliphatic carbocycles. The Morgan fingerprint density at radius 2 is 1.69 bits per heavy atom. The van der Waals surface area contributed by atoms with Gasteiger partial charge < -0.3 is 29.7 Å². The van der Waals surface area contributed by atoms with Crippen LogP contribution in [0.25, 0.3) is 21.8 Å². The molecule has 4 saturated heterocycles. The Balaban J connectivity index is 0.702. The number of amides is 3. The largest absolute Gasteiger partial charge is 0.494 e. The van der Waals surface area contributed by atoms with Gasteiger partial charge in [0.1, 0.15) is 18.7 Å². The number of aromatic nitrogens is 5. The zero-order valence-corrected chi connectivity index (χ0v) is 44.0. The minimum absolute atomic E-state index is 0.0129. The fourth-order valence-corrected chi connectivity index (χ4v) is 15.8. The molecule has 1 unspecified atom stereocenters.